The standard InChI is InChI=1S/C18H27N5O2/c1-25-15-3-4-16-17(13-15)20-14-21-18(16)19-5-2-6-22-7-9-23(10-8-22)11-12-24/h3-4,13-14,24H,2,5-12H2,1H3,(H,19,20,21). The van der Waals surface area contributed by atoms with Crippen molar-refractivity contribution in [3.8, 4) is 5.75 Å². The molecular formula is C18H27N5O2. The summed E-state index contributed by atoms with van der Waals surface area (Å²) in [4.78, 5) is 13.5. The third kappa shape index (κ3) is 4.78. The largest absolute Gasteiger partial charge is 0.497 e. The molecule has 7 heteroatoms. The number of ether oxygens (including phenoxy) is 1. The van der Waals surface area contributed by atoms with Crippen LogP contribution in [-0.2, 0) is 0 Å². The Labute approximate surface area is 148 Å². The molecule has 0 atom stereocenters. The van der Waals surface area contributed by atoms with Crippen LogP contribution in [-0.4, -0.2) is 84.4 Å². The Morgan fingerprint density at radius 2 is 1.88 bits per heavy atom. The number of piperazine rings is 1. The maximum atomic E-state index is 8.99. The van der Waals surface area contributed by atoms with Gasteiger partial charge in [0.2, 0.25) is 0 Å². The third-order valence-corrected chi connectivity index (χ3v) is 4.67. The molecule has 0 spiro atoms. The SMILES string of the molecule is COc1ccc2c(NCCCN3CCN(CCO)CC3)ncnc2c1. The lowest BCUT2D eigenvalue weighted by Gasteiger charge is -2.34. The van der Waals surface area contributed by atoms with Crippen LogP contribution in [0.15, 0.2) is 24.5 Å². The summed E-state index contributed by atoms with van der Waals surface area (Å²) in [6, 6.07) is 5.85. The summed E-state index contributed by atoms with van der Waals surface area (Å²) in [5, 5.41) is 13.4. The molecule has 3 rings (SSSR count). The second-order valence-electron chi connectivity index (χ2n) is 6.29. The molecule has 1 aromatic carbocycles. The third-order valence-electron chi connectivity index (χ3n) is 4.67. The topological polar surface area (TPSA) is 73.8 Å². The number of nitrogens with one attached hydrogen (secondary N) is 1. The number of hydrogen-bond acceptors (Lipinski definition) is 7. The van der Waals surface area contributed by atoms with Gasteiger partial charge in [-0.1, -0.05) is 0 Å². The minimum absolute atomic E-state index is 0.253. The first-order valence-electron chi connectivity index (χ1n) is 8.88. The average molecular weight is 345 g/mol. The highest BCUT2D eigenvalue weighted by molar-refractivity contribution is 5.89. The maximum Gasteiger partial charge on any atom is 0.137 e. The first-order valence-corrected chi connectivity index (χ1v) is 8.88. The number of aromatic nitrogens is 2. The predicted octanol–water partition coefficient (Wildman–Crippen LogP) is 1.05. The van der Waals surface area contributed by atoms with E-state index in [0.717, 1.165) is 74.7 Å². The van der Waals surface area contributed by atoms with Crippen molar-refractivity contribution >= 4 is 16.7 Å². The van der Waals surface area contributed by atoms with E-state index in [1.54, 1.807) is 13.4 Å². The summed E-state index contributed by atoms with van der Waals surface area (Å²) in [6.07, 6.45) is 2.66. The summed E-state index contributed by atoms with van der Waals surface area (Å²) in [5.41, 5.74) is 0.886. The molecule has 2 N–H and O–H groups in total. The number of hydrogen-bond donors (Lipinski definition) is 2. The predicted molar refractivity (Wildman–Crippen MR) is 99.2 cm³/mol. The minimum atomic E-state index is 0.253. The van der Waals surface area contributed by atoms with Gasteiger partial charge in [0.25, 0.3) is 0 Å². The number of fused-ring (bicyclic) bond motifs is 1. The molecule has 7 nitrogen and oxygen atoms in total. The molecule has 1 aliphatic rings. The van der Waals surface area contributed by atoms with Crippen molar-refractivity contribution in [2.45, 2.75) is 6.42 Å². The smallest absolute Gasteiger partial charge is 0.137 e. The number of β-amino-alcohol motifs (C(OH)–C–C–N with tert-alkyl or cyclic N) is 1. The fourth-order valence-electron chi connectivity index (χ4n) is 3.19. The Hall–Kier alpha value is -1.96. The van der Waals surface area contributed by atoms with Gasteiger partial charge >= 0.3 is 0 Å². The minimum Gasteiger partial charge on any atom is -0.497 e. The van der Waals surface area contributed by atoms with Gasteiger partial charge in [-0.15, -0.1) is 0 Å². The summed E-state index contributed by atoms with van der Waals surface area (Å²) in [5.74, 6) is 1.68. The van der Waals surface area contributed by atoms with Gasteiger partial charge in [0.15, 0.2) is 0 Å². The van der Waals surface area contributed by atoms with Crippen molar-refractivity contribution in [2.24, 2.45) is 0 Å². The molecule has 0 aliphatic carbocycles. The van der Waals surface area contributed by atoms with Crippen molar-refractivity contribution < 1.29 is 9.84 Å². The Morgan fingerprint density at radius 1 is 1.12 bits per heavy atom. The lowest BCUT2D eigenvalue weighted by molar-refractivity contribution is 0.112. The second-order valence-corrected chi connectivity index (χ2v) is 6.29. The lowest BCUT2D eigenvalue weighted by atomic mass is 10.2. The van der Waals surface area contributed by atoms with Crippen molar-refractivity contribution in [1.29, 1.82) is 0 Å². The molecule has 1 saturated heterocycles. The van der Waals surface area contributed by atoms with E-state index in [0.29, 0.717) is 0 Å². The van der Waals surface area contributed by atoms with Crippen LogP contribution in [0.25, 0.3) is 10.9 Å². The van der Waals surface area contributed by atoms with E-state index in [2.05, 4.69) is 25.1 Å². The molecule has 0 unspecified atom stereocenters. The molecule has 0 saturated carbocycles. The molecule has 2 heterocycles. The van der Waals surface area contributed by atoms with Crippen LogP contribution in [0.5, 0.6) is 5.75 Å². The number of benzene rings is 1. The van der Waals surface area contributed by atoms with Crippen molar-refractivity contribution in [3.05, 3.63) is 24.5 Å². The van der Waals surface area contributed by atoms with Gasteiger partial charge in [0.1, 0.15) is 17.9 Å². The fourth-order valence-corrected chi connectivity index (χ4v) is 3.19. The van der Waals surface area contributed by atoms with Crippen LogP contribution in [0.2, 0.25) is 0 Å². The van der Waals surface area contributed by atoms with Crippen LogP contribution in [0.4, 0.5) is 5.82 Å². The van der Waals surface area contributed by atoms with Gasteiger partial charge in [-0.3, -0.25) is 4.90 Å². The molecule has 136 valence electrons. The number of anilines is 1. The summed E-state index contributed by atoms with van der Waals surface area (Å²) in [6.45, 7) is 7.26. The highest BCUT2D eigenvalue weighted by atomic mass is 16.5. The van der Waals surface area contributed by atoms with E-state index in [1.165, 1.54) is 0 Å². The van der Waals surface area contributed by atoms with E-state index in [4.69, 9.17) is 9.84 Å². The molecular weight excluding hydrogens is 318 g/mol. The van der Waals surface area contributed by atoms with Gasteiger partial charge in [0.05, 0.1) is 19.2 Å². The van der Waals surface area contributed by atoms with Crippen molar-refractivity contribution in [2.75, 3.05) is 64.8 Å². The highest BCUT2D eigenvalue weighted by Gasteiger charge is 2.15. The Bertz CT molecular complexity index is 674. The normalized spacial score (nSPS) is 16.2. The van der Waals surface area contributed by atoms with E-state index in [-0.39, 0.29) is 6.61 Å². The number of rotatable bonds is 8. The number of aliphatic hydroxyl groups is 1. The first kappa shape index (κ1) is 17.8. The average Bonchev–Trinajstić information content (AvgIpc) is 2.66. The zero-order valence-electron chi connectivity index (χ0n) is 14.8. The van der Waals surface area contributed by atoms with Gasteiger partial charge in [-0.25, -0.2) is 9.97 Å². The second kappa shape index (κ2) is 8.94. The first-order chi connectivity index (χ1) is 12.3. The monoisotopic (exact) mass is 345 g/mol. The quantitative estimate of drug-likeness (QED) is 0.693. The van der Waals surface area contributed by atoms with Crippen molar-refractivity contribution in [1.82, 2.24) is 19.8 Å². The summed E-state index contributed by atoms with van der Waals surface area (Å²) in [7, 11) is 1.66. The Balaban J connectivity index is 1.46. The van der Waals surface area contributed by atoms with E-state index in [1.807, 2.05) is 18.2 Å². The van der Waals surface area contributed by atoms with Gasteiger partial charge in [-0.2, -0.15) is 0 Å². The number of methoxy groups -OCH3 is 1. The highest BCUT2D eigenvalue weighted by Crippen LogP contribution is 2.23. The molecule has 1 aliphatic heterocycles. The van der Waals surface area contributed by atoms with Crippen LogP contribution in [0.3, 0.4) is 0 Å². The number of nitrogens with zero attached hydrogens (tertiary/aromatic N) is 4. The zero-order chi connectivity index (χ0) is 17.5. The van der Waals surface area contributed by atoms with Gasteiger partial charge in [-0.05, 0) is 25.1 Å². The lowest BCUT2D eigenvalue weighted by Crippen LogP contribution is -2.47. The van der Waals surface area contributed by atoms with Crippen LogP contribution in [0.1, 0.15) is 6.42 Å². The van der Waals surface area contributed by atoms with Gasteiger partial charge in [0, 0.05) is 50.7 Å². The van der Waals surface area contributed by atoms with E-state index < -0.39 is 0 Å². The summed E-state index contributed by atoms with van der Waals surface area (Å²) < 4.78 is 5.25. The van der Waals surface area contributed by atoms with E-state index in [9.17, 15) is 0 Å². The number of aliphatic hydroxyl groups excluding tert-OH is 1. The van der Waals surface area contributed by atoms with E-state index >= 15 is 0 Å². The molecule has 2 aromatic rings. The maximum absolute atomic E-state index is 8.99. The van der Waals surface area contributed by atoms with Crippen molar-refractivity contribution in [3.63, 3.8) is 0 Å². The van der Waals surface area contributed by atoms with Gasteiger partial charge < -0.3 is 20.1 Å². The molecule has 1 fully saturated rings. The summed E-state index contributed by atoms with van der Waals surface area (Å²) >= 11 is 0. The molecule has 25 heavy (non-hydrogen) atoms. The van der Waals surface area contributed by atoms with Crippen LogP contribution >= 0.6 is 0 Å². The van der Waals surface area contributed by atoms with Crippen LogP contribution < -0.4 is 10.1 Å². The molecule has 0 bridgehead atoms. The Morgan fingerprint density at radius 3 is 2.60 bits per heavy atom. The fraction of sp³-hybridized carbons (Fsp3) is 0.556. The molecule has 1 aromatic heterocycles. The molecule has 0 amide bonds. The van der Waals surface area contributed by atoms with Crippen LogP contribution in [0, 0.1) is 0 Å². The Kier molecular flexibility index (Phi) is 6.38. The molecule has 0 radical (unpaired) electrons. The zero-order valence-corrected chi connectivity index (χ0v) is 14.8.